The predicted octanol–water partition coefficient (Wildman–Crippen LogP) is 6.15. The highest BCUT2D eigenvalue weighted by Crippen LogP contribution is 2.36. The minimum absolute atomic E-state index is 0.0338. The van der Waals surface area contributed by atoms with Gasteiger partial charge in [0.2, 0.25) is 5.91 Å². The number of ether oxygens (including phenoxy) is 1. The lowest BCUT2D eigenvalue weighted by Crippen LogP contribution is -2.30. The Morgan fingerprint density at radius 1 is 1.14 bits per heavy atom. The van der Waals surface area contributed by atoms with Gasteiger partial charge in [-0.3, -0.25) is 19.9 Å². The second-order valence-electron chi connectivity index (χ2n) is 10.7. The summed E-state index contributed by atoms with van der Waals surface area (Å²) in [5, 5.41) is 16.7. The molecule has 0 aliphatic carbocycles. The van der Waals surface area contributed by atoms with E-state index in [2.05, 4.69) is 31.2 Å². The lowest BCUT2D eigenvalue weighted by Gasteiger charge is -2.23. The van der Waals surface area contributed by atoms with Crippen molar-refractivity contribution in [2.24, 2.45) is 5.92 Å². The van der Waals surface area contributed by atoms with Crippen LogP contribution in [-0.4, -0.2) is 45.0 Å². The van der Waals surface area contributed by atoms with Gasteiger partial charge in [0.15, 0.2) is 11.5 Å². The summed E-state index contributed by atoms with van der Waals surface area (Å²) in [6.45, 7) is 5.36. The molecule has 2 aromatic carbocycles. The molecule has 2 atom stereocenters. The smallest absolute Gasteiger partial charge is 0.411 e. The zero-order valence-corrected chi connectivity index (χ0v) is 25.3. The summed E-state index contributed by atoms with van der Waals surface area (Å²) >= 11 is 5.95. The number of carbonyl (C=O) groups is 3. The molecule has 4 aromatic rings. The Bertz CT molecular complexity index is 1760. The van der Waals surface area contributed by atoms with Gasteiger partial charge in [-0.2, -0.15) is 0 Å². The van der Waals surface area contributed by atoms with E-state index in [1.165, 1.54) is 23.9 Å². The fraction of sp³-hybridized carbons (Fsp3) is 0.290. The molecule has 0 radical (unpaired) electrons. The maximum absolute atomic E-state index is 14.7. The van der Waals surface area contributed by atoms with Crippen LogP contribution < -0.4 is 16.0 Å². The number of halogens is 2. The van der Waals surface area contributed by atoms with Crippen LogP contribution in [0.3, 0.4) is 0 Å². The zero-order valence-electron chi connectivity index (χ0n) is 24.6. The first-order valence-corrected chi connectivity index (χ1v) is 14.4. The molecular weight excluding hydrogens is 589 g/mol. The van der Waals surface area contributed by atoms with Gasteiger partial charge in [-0.05, 0) is 68.1 Å². The first-order valence-electron chi connectivity index (χ1n) is 14.0. The predicted molar refractivity (Wildman–Crippen MR) is 163 cm³/mol. The van der Waals surface area contributed by atoms with Crippen LogP contribution in [0.5, 0.6) is 0 Å². The summed E-state index contributed by atoms with van der Waals surface area (Å²) in [4.78, 5) is 43.2. The van der Waals surface area contributed by atoms with Gasteiger partial charge in [0.05, 0.1) is 35.2 Å². The average molecular weight is 620 g/mol. The first kappa shape index (κ1) is 30.6. The van der Waals surface area contributed by atoms with E-state index in [1.807, 2.05) is 19.9 Å². The van der Waals surface area contributed by atoms with Crippen LogP contribution in [0, 0.1) is 25.6 Å². The second kappa shape index (κ2) is 12.8. The minimum Gasteiger partial charge on any atom is -0.453 e. The number of anilines is 2. The van der Waals surface area contributed by atoms with E-state index < -0.39 is 23.9 Å². The van der Waals surface area contributed by atoms with Crippen LogP contribution in [0.4, 0.5) is 20.6 Å². The van der Waals surface area contributed by atoms with Gasteiger partial charge in [0.1, 0.15) is 5.69 Å². The quantitative estimate of drug-likeness (QED) is 0.249. The molecule has 0 fully saturated rings. The molecule has 0 spiro atoms. The van der Waals surface area contributed by atoms with Crippen LogP contribution in [0.1, 0.15) is 59.7 Å². The van der Waals surface area contributed by atoms with Gasteiger partial charge in [0.25, 0.3) is 5.91 Å². The van der Waals surface area contributed by atoms with Crippen molar-refractivity contribution in [3.05, 3.63) is 82.1 Å². The third-order valence-electron chi connectivity index (χ3n) is 7.63. The van der Waals surface area contributed by atoms with Gasteiger partial charge < -0.3 is 15.4 Å². The van der Waals surface area contributed by atoms with Gasteiger partial charge in [0, 0.05) is 23.4 Å². The monoisotopic (exact) mass is 619 g/mol. The molecule has 3 N–H and O–H groups in total. The topological polar surface area (TPSA) is 140 Å². The van der Waals surface area contributed by atoms with Crippen molar-refractivity contribution in [3.63, 3.8) is 0 Å². The van der Waals surface area contributed by atoms with Crippen molar-refractivity contribution < 1.29 is 23.5 Å². The highest BCUT2D eigenvalue weighted by molar-refractivity contribution is 6.30. The van der Waals surface area contributed by atoms with E-state index in [9.17, 15) is 18.8 Å². The summed E-state index contributed by atoms with van der Waals surface area (Å²) in [5.41, 5.74) is 4.38. The SMILES string of the molecule is COC(=O)Nc1ccc2c(c1)NC(=O)C(C)CCCC(NC(=O)c1nnn(-c3cccc(Cl)c3F)c1C)c1cc-2c(C)cn1. The van der Waals surface area contributed by atoms with Gasteiger partial charge in [-0.25, -0.2) is 13.9 Å². The number of carbonyl (C=O) groups excluding carboxylic acids is 3. The fourth-order valence-electron chi connectivity index (χ4n) is 5.11. The number of benzene rings is 2. The molecule has 13 heteroatoms. The maximum atomic E-state index is 14.7. The normalized spacial score (nSPS) is 16.5. The number of nitrogens with one attached hydrogen (secondary N) is 3. The minimum atomic E-state index is -0.670. The summed E-state index contributed by atoms with van der Waals surface area (Å²) in [7, 11) is 1.27. The molecule has 1 aliphatic heterocycles. The second-order valence-corrected chi connectivity index (χ2v) is 11.1. The van der Waals surface area contributed by atoms with Gasteiger partial charge in [-0.15, -0.1) is 5.10 Å². The molecule has 3 heterocycles. The van der Waals surface area contributed by atoms with Crippen LogP contribution in [0.2, 0.25) is 5.02 Å². The molecule has 5 rings (SSSR count). The molecule has 2 unspecified atom stereocenters. The van der Waals surface area contributed by atoms with Gasteiger partial charge >= 0.3 is 6.09 Å². The molecule has 3 amide bonds. The van der Waals surface area contributed by atoms with E-state index in [4.69, 9.17) is 16.3 Å². The molecule has 228 valence electrons. The Labute approximate surface area is 258 Å². The maximum Gasteiger partial charge on any atom is 0.411 e. The number of pyridine rings is 1. The Morgan fingerprint density at radius 2 is 1.93 bits per heavy atom. The third kappa shape index (κ3) is 6.25. The molecular formula is C31H31ClFN7O4. The first-order chi connectivity index (χ1) is 21.1. The van der Waals surface area contributed by atoms with E-state index in [1.54, 1.807) is 37.4 Å². The van der Waals surface area contributed by atoms with Crippen LogP contribution in [0.25, 0.3) is 16.8 Å². The highest BCUT2D eigenvalue weighted by atomic mass is 35.5. The number of aromatic nitrogens is 4. The van der Waals surface area contributed by atoms with Crippen molar-refractivity contribution in [3.8, 4) is 16.8 Å². The molecule has 2 bridgehead atoms. The van der Waals surface area contributed by atoms with Crippen molar-refractivity contribution >= 4 is 40.9 Å². The molecule has 0 saturated heterocycles. The molecule has 44 heavy (non-hydrogen) atoms. The zero-order chi connectivity index (χ0) is 31.5. The molecule has 0 saturated carbocycles. The van der Waals surface area contributed by atoms with Crippen LogP contribution in [-0.2, 0) is 9.53 Å². The third-order valence-corrected chi connectivity index (χ3v) is 7.92. The standard InChI is InChI=1S/C31H31ClFN7O4/c1-16-7-5-9-23(36-30(42)28-18(3)40(39-38-28)26-10-6-8-22(32)27(26)33)25-14-21(17(2)15-34-25)20-12-11-19(35-31(43)44-4)13-24(20)37-29(16)41/h6,8,10-16,23H,5,7,9H2,1-4H3,(H,35,43)(H,36,42)(H,37,41). The number of aryl methyl sites for hydroxylation is 1. The van der Waals surface area contributed by atoms with Crippen LogP contribution >= 0.6 is 11.6 Å². The van der Waals surface area contributed by atoms with E-state index in [0.717, 1.165) is 16.7 Å². The van der Waals surface area contributed by atoms with E-state index in [0.29, 0.717) is 42.0 Å². The number of rotatable bonds is 4. The van der Waals surface area contributed by atoms with Crippen molar-refractivity contribution in [2.75, 3.05) is 17.7 Å². The number of fused-ring (bicyclic) bond motifs is 4. The summed E-state index contributed by atoms with van der Waals surface area (Å²) in [6, 6.07) is 11.1. The number of methoxy groups -OCH3 is 1. The Hall–Kier alpha value is -4.84. The Balaban J connectivity index is 1.51. The van der Waals surface area contributed by atoms with Crippen molar-refractivity contribution in [1.29, 1.82) is 0 Å². The lowest BCUT2D eigenvalue weighted by molar-refractivity contribution is -0.119. The number of amides is 3. The molecule has 1 aliphatic rings. The highest BCUT2D eigenvalue weighted by Gasteiger charge is 2.26. The molecule has 11 nitrogen and oxygen atoms in total. The summed E-state index contributed by atoms with van der Waals surface area (Å²) in [5.74, 6) is -1.67. The summed E-state index contributed by atoms with van der Waals surface area (Å²) < 4.78 is 20.6. The number of hydrogen-bond acceptors (Lipinski definition) is 7. The van der Waals surface area contributed by atoms with E-state index in [-0.39, 0.29) is 28.2 Å². The van der Waals surface area contributed by atoms with Crippen molar-refractivity contribution in [2.45, 2.75) is 46.1 Å². The van der Waals surface area contributed by atoms with E-state index >= 15 is 0 Å². The molecule has 2 aromatic heterocycles. The Kier molecular flexibility index (Phi) is 8.91. The fourth-order valence-corrected chi connectivity index (χ4v) is 5.28. The number of nitrogens with zero attached hydrogens (tertiary/aromatic N) is 4. The lowest BCUT2D eigenvalue weighted by atomic mass is 9.93. The largest absolute Gasteiger partial charge is 0.453 e. The summed E-state index contributed by atoms with van der Waals surface area (Å²) in [6.07, 6.45) is 2.75. The average Bonchev–Trinajstić information content (AvgIpc) is 3.38. The number of hydrogen-bond donors (Lipinski definition) is 3. The van der Waals surface area contributed by atoms with Crippen molar-refractivity contribution in [1.82, 2.24) is 25.3 Å². The van der Waals surface area contributed by atoms with Gasteiger partial charge in [-0.1, -0.05) is 42.3 Å². The Morgan fingerprint density at radius 3 is 2.70 bits per heavy atom. The van der Waals surface area contributed by atoms with Crippen LogP contribution in [0.15, 0.2) is 48.7 Å².